The summed E-state index contributed by atoms with van der Waals surface area (Å²) in [5, 5.41) is 10.8. The summed E-state index contributed by atoms with van der Waals surface area (Å²) in [7, 11) is 0. The lowest BCUT2D eigenvalue weighted by atomic mass is 9.74. The topological polar surface area (TPSA) is 143 Å². The SMILES string of the molecule is CCN(C(=O)C(F)(F)F)c1cc2c(cc1C)C(OCO)(c1cc(C(=O)ON3C(=O)CCC3=O)ccc1C)c1cc(C)c(N(CC)C(=O)C(F)(F)F)cc1O2. The van der Waals surface area contributed by atoms with E-state index in [1.807, 2.05) is 0 Å². The fourth-order valence-electron chi connectivity index (χ4n) is 6.61. The zero-order valence-corrected chi connectivity index (χ0v) is 29.4. The van der Waals surface area contributed by atoms with Gasteiger partial charge in [0.15, 0.2) is 5.60 Å². The van der Waals surface area contributed by atoms with E-state index in [0.717, 1.165) is 12.1 Å². The largest absolute Gasteiger partial charge is 0.471 e. The van der Waals surface area contributed by atoms with E-state index in [1.54, 1.807) is 6.92 Å². The van der Waals surface area contributed by atoms with Crippen molar-refractivity contribution in [3.05, 3.63) is 81.4 Å². The van der Waals surface area contributed by atoms with Gasteiger partial charge in [-0.1, -0.05) is 6.07 Å². The molecule has 0 unspecified atom stereocenters. The Morgan fingerprint density at radius 3 is 1.63 bits per heavy atom. The van der Waals surface area contributed by atoms with Crippen molar-refractivity contribution in [1.29, 1.82) is 0 Å². The molecule has 0 radical (unpaired) electrons. The molecule has 0 aliphatic carbocycles. The Balaban J connectivity index is 1.82. The van der Waals surface area contributed by atoms with Crippen molar-refractivity contribution >= 4 is 41.0 Å². The highest BCUT2D eigenvalue weighted by molar-refractivity contribution is 6.03. The van der Waals surface area contributed by atoms with Gasteiger partial charge in [0.2, 0.25) is 0 Å². The van der Waals surface area contributed by atoms with E-state index in [4.69, 9.17) is 14.3 Å². The first-order valence-electron chi connectivity index (χ1n) is 16.4. The zero-order chi connectivity index (χ0) is 40.1. The van der Waals surface area contributed by atoms with Crippen LogP contribution in [-0.2, 0) is 34.4 Å². The molecule has 2 heterocycles. The van der Waals surface area contributed by atoms with Gasteiger partial charge in [-0.15, -0.1) is 5.06 Å². The lowest BCUT2D eigenvalue weighted by molar-refractivity contribution is -0.172. The van der Waals surface area contributed by atoms with Crippen molar-refractivity contribution in [2.24, 2.45) is 0 Å². The molecule has 0 aromatic heterocycles. The van der Waals surface area contributed by atoms with Gasteiger partial charge in [-0.3, -0.25) is 19.2 Å². The van der Waals surface area contributed by atoms with Crippen LogP contribution >= 0.6 is 0 Å². The predicted octanol–water partition coefficient (Wildman–Crippen LogP) is 6.03. The molecule has 18 heteroatoms. The number of rotatable bonds is 9. The number of fused-ring (bicyclic) bond motifs is 2. The second-order valence-corrected chi connectivity index (χ2v) is 12.4. The number of aliphatic hydroxyl groups excluding tert-OH is 1. The summed E-state index contributed by atoms with van der Waals surface area (Å²) in [4.78, 5) is 68.7. The number of hydroxylamine groups is 2. The van der Waals surface area contributed by atoms with Crippen LogP contribution < -0.4 is 14.5 Å². The average Bonchev–Trinajstić information content (AvgIpc) is 3.41. The van der Waals surface area contributed by atoms with Gasteiger partial charge in [-0.25, -0.2) is 4.79 Å². The molecule has 1 fully saturated rings. The Labute approximate surface area is 303 Å². The average molecular weight is 766 g/mol. The molecule has 0 spiro atoms. The molecule has 288 valence electrons. The molecule has 0 atom stereocenters. The summed E-state index contributed by atoms with van der Waals surface area (Å²) < 4.78 is 94.4. The monoisotopic (exact) mass is 765 g/mol. The van der Waals surface area contributed by atoms with Crippen molar-refractivity contribution in [2.75, 3.05) is 29.7 Å². The summed E-state index contributed by atoms with van der Waals surface area (Å²) >= 11 is 0. The number of aliphatic hydroxyl groups is 1. The Hall–Kier alpha value is -5.49. The summed E-state index contributed by atoms with van der Waals surface area (Å²) in [6.45, 7) is 5.08. The number of benzene rings is 3. The standard InChI is InChI=1S/C36H33F6N3O9/c1-6-43(32(50)35(37,38)39)25-15-27-23(12-19(25)4)34(52-17-46,22-14-21(9-8-18(22)3)31(49)54-45-29(47)10-11-30(45)48)24-13-20(5)26(16-28(24)53-27)44(7-2)33(51)36(40,41)42/h8-9,12-16,46H,6-7,10-11,17H2,1-5H3. The number of hydrogen-bond donors (Lipinski definition) is 1. The smallest absolute Gasteiger partial charge is 0.456 e. The lowest BCUT2D eigenvalue weighted by Gasteiger charge is -2.42. The first-order chi connectivity index (χ1) is 25.2. The van der Waals surface area contributed by atoms with Crippen LogP contribution in [0.3, 0.4) is 0 Å². The number of imide groups is 1. The molecule has 1 saturated heterocycles. The molecule has 3 aromatic carbocycles. The van der Waals surface area contributed by atoms with Gasteiger partial charge < -0.3 is 29.2 Å². The number of aryl methyl sites for hydroxylation is 3. The Morgan fingerprint density at radius 1 is 0.759 bits per heavy atom. The van der Waals surface area contributed by atoms with E-state index in [1.165, 1.54) is 58.0 Å². The van der Waals surface area contributed by atoms with Crippen molar-refractivity contribution in [3.63, 3.8) is 0 Å². The van der Waals surface area contributed by atoms with E-state index >= 15 is 0 Å². The minimum Gasteiger partial charge on any atom is -0.456 e. The molecule has 2 aliphatic rings. The molecule has 0 bridgehead atoms. The molecule has 2 aliphatic heterocycles. The summed E-state index contributed by atoms with van der Waals surface area (Å²) in [6.07, 6.45) is -10.9. The van der Waals surface area contributed by atoms with Crippen LogP contribution in [-0.4, -0.2) is 72.0 Å². The molecule has 5 rings (SSSR count). The van der Waals surface area contributed by atoms with Gasteiger partial charge >= 0.3 is 30.1 Å². The third-order valence-corrected chi connectivity index (χ3v) is 9.08. The van der Waals surface area contributed by atoms with Crippen molar-refractivity contribution in [2.45, 2.75) is 65.4 Å². The quantitative estimate of drug-likeness (QED) is 0.157. The molecular weight excluding hydrogens is 732 g/mol. The highest BCUT2D eigenvalue weighted by Gasteiger charge is 2.50. The van der Waals surface area contributed by atoms with E-state index in [0.29, 0.717) is 20.4 Å². The number of nitrogens with zero attached hydrogens (tertiary/aromatic N) is 3. The van der Waals surface area contributed by atoms with Gasteiger partial charge in [-0.2, -0.15) is 26.3 Å². The lowest BCUT2D eigenvalue weighted by Crippen LogP contribution is -2.42. The molecular formula is C36H33F6N3O9. The number of anilines is 2. The fourth-order valence-corrected chi connectivity index (χ4v) is 6.61. The maximum atomic E-state index is 13.7. The Kier molecular flexibility index (Phi) is 10.6. The second kappa shape index (κ2) is 14.4. The van der Waals surface area contributed by atoms with E-state index in [-0.39, 0.29) is 69.1 Å². The Bertz CT molecular complexity index is 1960. The maximum absolute atomic E-state index is 13.7. The minimum atomic E-state index is -5.27. The van der Waals surface area contributed by atoms with Crippen LogP contribution in [0.1, 0.15) is 70.4 Å². The number of halogens is 6. The summed E-state index contributed by atoms with van der Waals surface area (Å²) in [5.74, 6) is -7.54. The number of ether oxygens (including phenoxy) is 2. The second-order valence-electron chi connectivity index (χ2n) is 12.4. The zero-order valence-electron chi connectivity index (χ0n) is 29.4. The summed E-state index contributed by atoms with van der Waals surface area (Å²) in [5.41, 5.74) is -2.03. The van der Waals surface area contributed by atoms with Crippen molar-refractivity contribution in [1.82, 2.24) is 5.06 Å². The van der Waals surface area contributed by atoms with Crippen LogP contribution in [0.2, 0.25) is 0 Å². The minimum absolute atomic E-state index is 0.0326. The van der Waals surface area contributed by atoms with Crippen LogP contribution in [0.5, 0.6) is 11.5 Å². The number of carbonyl (C=O) groups excluding carboxylic acids is 5. The molecule has 54 heavy (non-hydrogen) atoms. The molecule has 4 amide bonds. The van der Waals surface area contributed by atoms with Gasteiger partial charge in [0.1, 0.15) is 18.3 Å². The van der Waals surface area contributed by atoms with Gasteiger partial charge in [0.05, 0.1) is 16.9 Å². The molecule has 0 saturated carbocycles. The third kappa shape index (κ3) is 6.86. The van der Waals surface area contributed by atoms with Crippen molar-refractivity contribution in [3.8, 4) is 11.5 Å². The van der Waals surface area contributed by atoms with E-state index in [9.17, 15) is 55.4 Å². The van der Waals surface area contributed by atoms with Gasteiger partial charge in [0, 0.05) is 49.2 Å². The van der Waals surface area contributed by atoms with E-state index in [2.05, 4.69) is 0 Å². The fraction of sp³-hybridized carbons (Fsp3) is 0.361. The molecule has 3 aromatic rings. The first-order valence-corrected chi connectivity index (χ1v) is 16.4. The predicted molar refractivity (Wildman–Crippen MR) is 176 cm³/mol. The first kappa shape index (κ1) is 39.7. The van der Waals surface area contributed by atoms with Crippen LogP contribution in [0.15, 0.2) is 42.5 Å². The highest BCUT2D eigenvalue weighted by atomic mass is 19.4. The van der Waals surface area contributed by atoms with Gasteiger partial charge in [0.25, 0.3) is 11.8 Å². The highest BCUT2D eigenvalue weighted by Crippen LogP contribution is 2.56. The third-order valence-electron chi connectivity index (χ3n) is 9.08. The van der Waals surface area contributed by atoms with Crippen LogP contribution in [0.4, 0.5) is 37.7 Å². The van der Waals surface area contributed by atoms with Crippen molar-refractivity contribution < 1.29 is 69.7 Å². The number of alkyl halides is 6. The molecule has 1 N–H and O–H groups in total. The molecule has 12 nitrogen and oxygen atoms in total. The number of carbonyl (C=O) groups is 5. The normalized spacial score (nSPS) is 15.0. The number of hydrogen-bond acceptors (Lipinski definition) is 9. The van der Waals surface area contributed by atoms with Gasteiger partial charge in [-0.05, 0) is 81.1 Å². The Morgan fingerprint density at radius 2 is 1.22 bits per heavy atom. The van der Waals surface area contributed by atoms with E-state index < -0.39 is 67.4 Å². The maximum Gasteiger partial charge on any atom is 0.471 e. The van der Waals surface area contributed by atoms with Crippen LogP contribution in [0, 0.1) is 20.8 Å². The summed E-state index contributed by atoms with van der Waals surface area (Å²) in [6, 6.07) is 8.92. The number of amides is 4. The van der Waals surface area contributed by atoms with Crippen LogP contribution in [0.25, 0.3) is 0 Å².